The van der Waals surface area contributed by atoms with Crippen LogP contribution in [0.4, 0.5) is 8.78 Å². The Hall–Kier alpha value is -1.20. The molecule has 3 nitrogen and oxygen atoms in total. The summed E-state index contributed by atoms with van der Waals surface area (Å²) < 4.78 is 32.2. The van der Waals surface area contributed by atoms with E-state index in [1.807, 2.05) is 37.3 Å². The molecule has 0 saturated heterocycles. The number of nitrogens with one attached hydrogen (secondary N) is 1. The molecule has 1 aromatic carbocycles. The van der Waals surface area contributed by atoms with E-state index in [0.29, 0.717) is 19.0 Å². The van der Waals surface area contributed by atoms with Crippen molar-refractivity contribution in [3.8, 4) is 0 Å². The van der Waals surface area contributed by atoms with Crippen molar-refractivity contribution in [2.45, 2.75) is 30.8 Å². The zero-order valence-corrected chi connectivity index (χ0v) is 11.9. The summed E-state index contributed by atoms with van der Waals surface area (Å²) in [6.45, 7) is 2.79. The van der Waals surface area contributed by atoms with Crippen LogP contribution in [0.15, 0.2) is 35.3 Å². The molecule has 0 amide bonds. The molecule has 0 fully saturated rings. The van der Waals surface area contributed by atoms with Crippen LogP contribution < -0.4 is 5.32 Å². The Morgan fingerprint density at radius 3 is 2.65 bits per heavy atom. The summed E-state index contributed by atoms with van der Waals surface area (Å²) in [5.74, 6) is 0.336. The van der Waals surface area contributed by atoms with Crippen molar-refractivity contribution < 1.29 is 13.5 Å². The molecule has 0 aromatic heterocycles. The fraction of sp³-hybridized carbons (Fsp3) is 0.500. The first kappa shape index (κ1) is 15.2. The van der Waals surface area contributed by atoms with Gasteiger partial charge in [-0.2, -0.15) is 8.78 Å². The van der Waals surface area contributed by atoms with Gasteiger partial charge in [0.1, 0.15) is 6.61 Å². The van der Waals surface area contributed by atoms with Gasteiger partial charge in [-0.3, -0.25) is 4.99 Å². The Bertz CT molecular complexity index is 462. The molecule has 0 radical (unpaired) electrons. The van der Waals surface area contributed by atoms with E-state index in [0.717, 1.165) is 5.56 Å². The lowest BCUT2D eigenvalue weighted by atomic mass is 10.1. The molecule has 1 N–H and O–H groups in total. The van der Waals surface area contributed by atoms with Crippen LogP contribution in [-0.2, 0) is 4.74 Å². The Labute approximate surface area is 122 Å². The van der Waals surface area contributed by atoms with E-state index in [1.165, 1.54) is 0 Å². The van der Waals surface area contributed by atoms with Crippen molar-refractivity contribution in [2.75, 3.05) is 13.2 Å². The van der Waals surface area contributed by atoms with Gasteiger partial charge >= 0.3 is 5.38 Å². The third-order valence-electron chi connectivity index (χ3n) is 3.17. The van der Waals surface area contributed by atoms with Crippen LogP contribution in [0.25, 0.3) is 0 Å². The molecule has 1 aromatic rings. The van der Waals surface area contributed by atoms with Crippen LogP contribution >= 0.6 is 11.6 Å². The number of hydrogen-bond acceptors (Lipinski definition) is 3. The molecule has 1 aliphatic rings. The zero-order valence-electron chi connectivity index (χ0n) is 11.2. The third kappa shape index (κ3) is 4.15. The first-order valence-corrected chi connectivity index (χ1v) is 6.88. The van der Waals surface area contributed by atoms with Crippen molar-refractivity contribution in [3.63, 3.8) is 0 Å². The molecule has 1 aliphatic heterocycles. The van der Waals surface area contributed by atoms with Crippen LogP contribution in [0.5, 0.6) is 0 Å². The molecule has 20 heavy (non-hydrogen) atoms. The van der Waals surface area contributed by atoms with Crippen LogP contribution in [0.3, 0.4) is 0 Å². The number of alkyl halides is 3. The van der Waals surface area contributed by atoms with Gasteiger partial charge in [-0.25, -0.2) is 0 Å². The van der Waals surface area contributed by atoms with Gasteiger partial charge in [-0.05, 0) is 24.1 Å². The summed E-state index contributed by atoms with van der Waals surface area (Å²) in [6, 6.07) is 7.90. The van der Waals surface area contributed by atoms with Crippen molar-refractivity contribution in [1.82, 2.24) is 5.32 Å². The SMILES string of the molecule is C[C@H](N[C@@H](CC1=NCCO1)C(F)(F)Cl)c1ccccc1. The lowest BCUT2D eigenvalue weighted by Gasteiger charge is -2.26. The highest BCUT2D eigenvalue weighted by Gasteiger charge is 2.39. The Morgan fingerprint density at radius 2 is 2.10 bits per heavy atom. The lowest BCUT2D eigenvalue weighted by molar-refractivity contribution is 0.0465. The number of nitrogens with zero attached hydrogens (tertiary/aromatic N) is 1. The second kappa shape index (κ2) is 6.50. The average Bonchev–Trinajstić information content (AvgIpc) is 2.91. The second-order valence-corrected chi connectivity index (χ2v) is 5.23. The highest BCUT2D eigenvalue weighted by Crippen LogP contribution is 2.29. The highest BCUT2D eigenvalue weighted by atomic mass is 35.5. The van der Waals surface area contributed by atoms with Gasteiger partial charge in [0, 0.05) is 12.5 Å². The maximum Gasteiger partial charge on any atom is 0.337 e. The molecule has 0 saturated carbocycles. The normalized spacial score (nSPS) is 18.3. The second-order valence-electron chi connectivity index (χ2n) is 4.72. The molecule has 0 aliphatic carbocycles. The maximum atomic E-state index is 13.5. The van der Waals surface area contributed by atoms with Gasteiger partial charge in [-0.1, -0.05) is 30.3 Å². The molecule has 0 unspecified atom stereocenters. The van der Waals surface area contributed by atoms with Crippen LogP contribution in [0.1, 0.15) is 24.9 Å². The van der Waals surface area contributed by atoms with Crippen molar-refractivity contribution in [1.29, 1.82) is 0 Å². The summed E-state index contributed by atoms with van der Waals surface area (Å²) >= 11 is 5.20. The summed E-state index contributed by atoms with van der Waals surface area (Å²) in [5, 5.41) is -0.506. The van der Waals surface area contributed by atoms with E-state index in [4.69, 9.17) is 16.3 Å². The van der Waals surface area contributed by atoms with Gasteiger partial charge < -0.3 is 10.1 Å². The number of benzene rings is 1. The van der Waals surface area contributed by atoms with Crippen molar-refractivity contribution in [2.24, 2.45) is 4.99 Å². The van der Waals surface area contributed by atoms with E-state index in [9.17, 15) is 8.78 Å². The van der Waals surface area contributed by atoms with E-state index in [1.54, 1.807) is 0 Å². The van der Waals surface area contributed by atoms with E-state index < -0.39 is 11.4 Å². The predicted octanol–water partition coefficient (Wildman–Crippen LogP) is 3.36. The summed E-state index contributed by atoms with van der Waals surface area (Å²) in [6.07, 6.45) is -0.0202. The van der Waals surface area contributed by atoms with Crippen molar-refractivity contribution >= 4 is 17.5 Å². The Morgan fingerprint density at radius 1 is 1.40 bits per heavy atom. The predicted molar refractivity (Wildman–Crippen MR) is 75.5 cm³/mol. The first-order valence-electron chi connectivity index (χ1n) is 6.50. The Kier molecular flexibility index (Phi) is 4.94. The molecular formula is C14H17ClF2N2O. The highest BCUT2D eigenvalue weighted by molar-refractivity contribution is 6.22. The van der Waals surface area contributed by atoms with Crippen LogP contribution in [0.2, 0.25) is 0 Å². The van der Waals surface area contributed by atoms with Crippen LogP contribution in [-0.4, -0.2) is 30.5 Å². The standard InChI is InChI=1S/C14H17ClF2N2O/c1-10(11-5-3-2-4-6-11)19-12(14(15,16)17)9-13-18-7-8-20-13/h2-6,10,12,19H,7-9H2,1H3/t10-,12-/m0/s1. The van der Waals surface area contributed by atoms with E-state index in [-0.39, 0.29) is 12.5 Å². The molecule has 1 heterocycles. The molecule has 2 rings (SSSR count). The fourth-order valence-corrected chi connectivity index (χ4v) is 2.23. The monoisotopic (exact) mass is 302 g/mol. The molecular weight excluding hydrogens is 286 g/mol. The summed E-state index contributed by atoms with van der Waals surface area (Å²) in [7, 11) is 0. The zero-order chi connectivity index (χ0) is 14.6. The van der Waals surface area contributed by atoms with Gasteiger partial charge in [0.15, 0.2) is 5.90 Å². The lowest BCUT2D eigenvalue weighted by Crippen LogP contribution is -2.44. The average molecular weight is 303 g/mol. The topological polar surface area (TPSA) is 33.6 Å². The minimum atomic E-state index is -3.36. The molecule has 110 valence electrons. The fourth-order valence-electron chi connectivity index (χ4n) is 2.09. The molecule has 2 atom stereocenters. The van der Waals surface area contributed by atoms with Gasteiger partial charge in [0.2, 0.25) is 0 Å². The number of halogens is 3. The third-order valence-corrected chi connectivity index (χ3v) is 3.44. The van der Waals surface area contributed by atoms with Crippen molar-refractivity contribution in [3.05, 3.63) is 35.9 Å². The molecule has 6 heteroatoms. The maximum absolute atomic E-state index is 13.5. The largest absolute Gasteiger partial charge is 0.479 e. The van der Waals surface area contributed by atoms with E-state index >= 15 is 0 Å². The number of rotatable bonds is 6. The summed E-state index contributed by atoms with van der Waals surface area (Å²) in [5.41, 5.74) is 0.924. The smallest absolute Gasteiger partial charge is 0.337 e. The van der Waals surface area contributed by atoms with Crippen LogP contribution in [0, 0.1) is 0 Å². The first-order chi connectivity index (χ1) is 9.47. The summed E-state index contributed by atoms with van der Waals surface area (Å²) in [4.78, 5) is 4.03. The Balaban J connectivity index is 2.04. The number of aliphatic imine (C=N–C) groups is 1. The molecule has 0 bridgehead atoms. The van der Waals surface area contributed by atoms with Gasteiger partial charge in [0.25, 0.3) is 0 Å². The number of hydrogen-bond donors (Lipinski definition) is 1. The van der Waals surface area contributed by atoms with Gasteiger partial charge in [-0.15, -0.1) is 0 Å². The molecule has 0 spiro atoms. The number of ether oxygens (including phenoxy) is 1. The van der Waals surface area contributed by atoms with Gasteiger partial charge in [0.05, 0.1) is 12.6 Å². The minimum absolute atomic E-state index is 0.0202. The minimum Gasteiger partial charge on any atom is -0.479 e. The quantitative estimate of drug-likeness (QED) is 0.818. The van der Waals surface area contributed by atoms with E-state index in [2.05, 4.69) is 10.3 Å².